The molecular weight excluding hydrogens is 464 g/mol. The number of aliphatic hydroxyl groups excluding tert-OH is 1. The molecule has 0 aliphatic heterocycles. The van der Waals surface area contributed by atoms with E-state index in [1.54, 1.807) is 6.07 Å². The zero-order valence-electron chi connectivity index (χ0n) is 21.3. The van der Waals surface area contributed by atoms with Crippen LogP contribution in [0.1, 0.15) is 78.2 Å². The highest BCUT2D eigenvalue weighted by Gasteiger charge is 2.34. The lowest BCUT2D eigenvalue weighted by Gasteiger charge is -2.42. The van der Waals surface area contributed by atoms with Crippen LogP contribution in [0.25, 0.3) is 0 Å². The number of aromatic nitrogens is 1. The van der Waals surface area contributed by atoms with E-state index in [0.717, 1.165) is 67.6 Å². The van der Waals surface area contributed by atoms with E-state index in [9.17, 15) is 9.59 Å². The monoisotopic (exact) mass is 502 g/mol. The van der Waals surface area contributed by atoms with Crippen LogP contribution in [0.5, 0.6) is 0 Å². The number of benzene rings is 1. The molecule has 1 aliphatic rings. The third-order valence-electron chi connectivity index (χ3n) is 7.32. The van der Waals surface area contributed by atoms with Gasteiger partial charge in [0.15, 0.2) is 0 Å². The van der Waals surface area contributed by atoms with Gasteiger partial charge in [0.25, 0.3) is 11.5 Å². The van der Waals surface area contributed by atoms with Crippen LogP contribution in [-0.2, 0) is 6.54 Å². The second-order valence-corrected chi connectivity index (χ2v) is 10.3. The quantitative estimate of drug-likeness (QED) is 0.310. The number of hydrogen-bond acceptors (Lipinski definition) is 5. The third-order valence-corrected chi connectivity index (χ3v) is 7.54. The average molecular weight is 503 g/mol. The molecule has 0 spiro atoms. The lowest BCUT2D eigenvalue weighted by molar-refractivity contribution is 0.0950. The van der Waals surface area contributed by atoms with Crippen molar-refractivity contribution in [3.8, 4) is 0 Å². The summed E-state index contributed by atoms with van der Waals surface area (Å²) < 4.78 is 0. The van der Waals surface area contributed by atoms with E-state index in [0.29, 0.717) is 22.2 Å². The number of anilines is 1. The van der Waals surface area contributed by atoms with Crippen LogP contribution < -0.4 is 21.5 Å². The molecule has 0 radical (unpaired) electrons. The van der Waals surface area contributed by atoms with E-state index in [1.165, 1.54) is 0 Å². The number of halogens is 1. The molecule has 35 heavy (non-hydrogen) atoms. The Labute approximate surface area is 213 Å². The molecule has 1 aromatic heterocycles. The first-order valence-corrected chi connectivity index (χ1v) is 13.0. The lowest BCUT2D eigenvalue weighted by Crippen LogP contribution is -2.46. The molecule has 1 aliphatic carbocycles. The van der Waals surface area contributed by atoms with E-state index in [4.69, 9.17) is 16.7 Å². The van der Waals surface area contributed by atoms with Gasteiger partial charge in [-0.25, -0.2) is 0 Å². The van der Waals surface area contributed by atoms with Crippen molar-refractivity contribution in [2.45, 2.75) is 84.3 Å². The second-order valence-electron chi connectivity index (χ2n) is 9.82. The molecule has 3 rings (SSSR count). The molecule has 0 atom stereocenters. The smallest absolute Gasteiger partial charge is 0.253 e. The number of aromatic amines is 1. The van der Waals surface area contributed by atoms with Gasteiger partial charge in [-0.15, -0.1) is 0 Å². The Hall–Kier alpha value is -2.35. The largest absolute Gasteiger partial charge is 0.396 e. The Morgan fingerprint density at radius 2 is 1.91 bits per heavy atom. The van der Waals surface area contributed by atoms with Crippen molar-refractivity contribution in [1.82, 2.24) is 15.6 Å². The number of rotatable bonds is 10. The maximum absolute atomic E-state index is 13.1. The van der Waals surface area contributed by atoms with E-state index >= 15 is 0 Å². The molecule has 1 amide bonds. The van der Waals surface area contributed by atoms with Gasteiger partial charge in [0.2, 0.25) is 0 Å². The normalized spacial score (nSPS) is 20.0. The molecule has 1 fully saturated rings. The number of pyridine rings is 1. The minimum atomic E-state index is -0.255. The molecule has 7 nitrogen and oxygen atoms in total. The fourth-order valence-electron chi connectivity index (χ4n) is 5.02. The first-order chi connectivity index (χ1) is 16.7. The number of aliphatic hydroxyl groups is 1. The van der Waals surface area contributed by atoms with E-state index in [-0.39, 0.29) is 30.2 Å². The Balaban J connectivity index is 1.72. The summed E-state index contributed by atoms with van der Waals surface area (Å²) in [4.78, 5) is 28.2. The fourth-order valence-corrected chi connectivity index (χ4v) is 5.24. The van der Waals surface area contributed by atoms with Crippen molar-refractivity contribution in [1.29, 1.82) is 0 Å². The summed E-state index contributed by atoms with van der Waals surface area (Å²) in [5, 5.41) is 19.7. The second kappa shape index (κ2) is 12.1. The number of carbonyl (C=O) groups excluding carboxylic acids is 1. The number of aryl methyl sites for hydroxylation is 2. The van der Waals surface area contributed by atoms with Crippen LogP contribution in [0.3, 0.4) is 0 Å². The van der Waals surface area contributed by atoms with Crippen molar-refractivity contribution >= 4 is 23.2 Å². The van der Waals surface area contributed by atoms with Crippen molar-refractivity contribution < 1.29 is 9.90 Å². The standard InChI is InChI=1S/C27H39ClN4O3/c1-5-27(9-7-21(8-10-27)29-11-6-12-33)32-24-15-20(28)14-22(19(24)4)25(34)30-16-23-17(2)13-18(3)31-26(23)35/h13-15,21,29,32-33H,5-12,16H2,1-4H3,(H,30,34)(H,31,35). The zero-order valence-corrected chi connectivity index (χ0v) is 22.1. The zero-order chi connectivity index (χ0) is 25.6. The molecule has 8 heteroatoms. The van der Waals surface area contributed by atoms with Crippen molar-refractivity contribution in [2.75, 3.05) is 18.5 Å². The van der Waals surface area contributed by atoms with E-state index in [2.05, 4.69) is 27.9 Å². The molecule has 0 bridgehead atoms. The molecule has 1 saturated carbocycles. The molecule has 192 valence electrons. The predicted molar refractivity (Wildman–Crippen MR) is 143 cm³/mol. The lowest BCUT2D eigenvalue weighted by atomic mass is 9.77. The van der Waals surface area contributed by atoms with Gasteiger partial charge in [0, 0.05) is 52.3 Å². The fraction of sp³-hybridized carbons (Fsp3) is 0.556. The van der Waals surface area contributed by atoms with Gasteiger partial charge in [-0.2, -0.15) is 0 Å². The summed E-state index contributed by atoms with van der Waals surface area (Å²) in [6, 6.07) is 5.95. The van der Waals surface area contributed by atoms with Crippen LogP contribution in [-0.4, -0.2) is 40.7 Å². The van der Waals surface area contributed by atoms with Gasteiger partial charge < -0.3 is 26.0 Å². The SMILES string of the molecule is CCC1(Nc2cc(Cl)cc(C(=O)NCc3c(C)cc(C)[nH]c3=O)c2C)CCC(NCCCO)CC1. The Bertz CT molecular complexity index is 1090. The molecule has 0 unspecified atom stereocenters. The predicted octanol–water partition coefficient (Wildman–Crippen LogP) is 4.36. The molecule has 5 N–H and O–H groups in total. The van der Waals surface area contributed by atoms with Crippen LogP contribution in [0, 0.1) is 20.8 Å². The number of nitrogens with one attached hydrogen (secondary N) is 4. The van der Waals surface area contributed by atoms with Crippen LogP contribution in [0.4, 0.5) is 5.69 Å². The Morgan fingerprint density at radius 3 is 2.54 bits per heavy atom. The summed E-state index contributed by atoms with van der Waals surface area (Å²) in [5.74, 6) is -0.255. The summed E-state index contributed by atoms with van der Waals surface area (Å²) in [6.45, 7) is 9.04. The van der Waals surface area contributed by atoms with Crippen LogP contribution in [0.2, 0.25) is 5.02 Å². The maximum atomic E-state index is 13.1. The highest BCUT2D eigenvalue weighted by Crippen LogP contribution is 2.37. The Morgan fingerprint density at radius 1 is 1.20 bits per heavy atom. The summed E-state index contributed by atoms with van der Waals surface area (Å²) in [6.07, 6.45) is 5.90. The van der Waals surface area contributed by atoms with Gasteiger partial charge in [-0.05, 0) is 95.2 Å². The van der Waals surface area contributed by atoms with Gasteiger partial charge in [0.05, 0.1) is 0 Å². The van der Waals surface area contributed by atoms with Gasteiger partial charge in [-0.3, -0.25) is 9.59 Å². The summed E-state index contributed by atoms with van der Waals surface area (Å²) in [7, 11) is 0. The van der Waals surface area contributed by atoms with Gasteiger partial charge >= 0.3 is 0 Å². The average Bonchev–Trinajstić information content (AvgIpc) is 2.81. The highest BCUT2D eigenvalue weighted by atomic mass is 35.5. The molecule has 1 aromatic carbocycles. The van der Waals surface area contributed by atoms with Crippen molar-refractivity contribution in [3.05, 3.63) is 61.5 Å². The summed E-state index contributed by atoms with van der Waals surface area (Å²) >= 11 is 6.45. The first-order valence-electron chi connectivity index (χ1n) is 12.6. The van der Waals surface area contributed by atoms with Crippen LogP contribution >= 0.6 is 11.6 Å². The minimum Gasteiger partial charge on any atom is -0.396 e. The summed E-state index contributed by atoms with van der Waals surface area (Å²) in [5.41, 5.74) is 4.19. The molecular formula is C27H39ClN4O3. The van der Waals surface area contributed by atoms with Gasteiger partial charge in [0.1, 0.15) is 0 Å². The number of hydrogen-bond donors (Lipinski definition) is 5. The molecule has 1 heterocycles. The first kappa shape index (κ1) is 27.2. The topological polar surface area (TPSA) is 106 Å². The number of amides is 1. The highest BCUT2D eigenvalue weighted by molar-refractivity contribution is 6.31. The van der Waals surface area contributed by atoms with Crippen molar-refractivity contribution in [2.24, 2.45) is 0 Å². The maximum Gasteiger partial charge on any atom is 0.253 e. The number of H-pyrrole nitrogens is 1. The minimum absolute atomic E-state index is 0.0509. The Kier molecular flexibility index (Phi) is 9.39. The van der Waals surface area contributed by atoms with Crippen LogP contribution in [0.15, 0.2) is 23.0 Å². The van der Waals surface area contributed by atoms with E-state index < -0.39 is 0 Å². The number of carbonyl (C=O) groups is 1. The van der Waals surface area contributed by atoms with Crippen molar-refractivity contribution in [3.63, 3.8) is 0 Å². The van der Waals surface area contributed by atoms with Gasteiger partial charge in [-0.1, -0.05) is 18.5 Å². The molecule has 0 saturated heterocycles. The molecule has 2 aromatic rings. The third kappa shape index (κ3) is 6.87. The van der Waals surface area contributed by atoms with E-state index in [1.807, 2.05) is 32.9 Å².